The van der Waals surface area contributed by atoms with E-state index in [-0.39, 0.29) is 5.91 Å². The number of carbonyl (C=O) groups is 1. The summed E-state index contributed by atoms with van der Waals surface area (Å²) in [4.78, 5) is 16.4. The molecule has 0 bridgehead atoms. The Bertz CT molecular complexity index is 1020. The van der Waals surface area contributed by atoms with Gasteiger partial charge in [-0.3, -0.25) is 4.79 Å². The van der Waals surface area contributed by atoms with Crippen molar-refractivity contribution in [3.05, 3.63) is 95.8 Å². The number of anilines is 1. The molecule has 4 heteroatoms. The molecule has 1 heterocycles. The van der Waals surface area contributed by atoms with E-state index < -0.39 is 0 Å². The minimum Gasteiger partial charge on any atom is -0.496 e. The number of para-hydroxylation sites is 1. The normalized spacial score (nSPS) is 10.1. The Hall–Kier alpha value is -3.84. The molecule has 0 atom stereocenters. The molecule has 0 spiro atoms. The second kappa shape index (κ2) is 9.02. The highest BCUT2D eigenvalue weighted by Crippen LogP contribution is 2.18. The second-order valence-corrected chi connectivity index (χ2v) is 5.61. The topological polar surface area (TPSA) is 51.2 Å². The lowest BCUT2D eigenvalue weighted by atomic mass is 10.2. The predicted molar refractivity (Wildman–Crippen MR) is 107 cm³/mol. The molecule has 4 nitrogen and oxygen atoms in total. The summed E-state index contributed by atoms with van der Waals surface area (Å²) in [7, 11) is 1.60. The lowest BCUT2D eigenvalue weighted by molar-refractivity contribution is -0.111. The number of hydrogen-bond acceptors (Lipinski definition) is 3. The largest absolute Gasteiger partial charge is 0.496 e. The maximum atomic E-state index is 12.2. The number of carbonyl (C=O) groups excluding carboxylic acids is 1. The minimum absolute atomic E-state index is 0.226. The Labute approximate surface area is 158 Å². The van der Waals surface area contributed by atoms with E-state index in [0.29, 0.717) is 17.1 Å². The standard InChI is InChI=1S/C23H18N2O2/c1-27-22-11-3-2-8-19(22)13-15-23(26)25-21-10-6-7-18(17-21)12-14-20-9-4-5-16-24-20/h2-11,13,15-17H,1H3,(H,25,26)/b15-13+. The first-order chi connectivity index (χ1) is 13.2. The quantitative estimate of drug-likeness (QED) is 0.566. The summed E-state index contributed by atoms with van der Waals surface area (Å²) in [5.41, 5.74) is 3.02. The van der Waals surface area contributed by atoms with Gasteiger partial charge in [0.2, 0.25) is 5.91 Å². The number of hydrogen-bond donors (Lipinski definition) is 1. The lowest BCUT2D eigenvalue weighted by Gasteiger charge is -2.04. The zero-order valence-electron chi connectivity index (χ0n) is 14.8. The van der Waals surface area contributed by atoms with Crippen molar-refractivity contribution in [2.24, 2.45) is 0 Å². The molecular formula is C23H18N2O2. The van der Waals surface area contributed by atoms with E-state index in [9.17, 15) is 4.79 Å². The molecule has 0 unspecified atom stereocenters. The SMILES string of the molecule is COc1ccccc1/C=C/C(=O)Nc1cccc(C#Cc2ccccn2)c1. The van der Waals surface area contributed by atoms with Gasteiger partial charge in [0.15, 0.2) is 0 Å². The molecular weight excluding hydrogens is 336 g/mol. The molecule has 3 rings (SSSR count). The van der Waals surface area contributed by atoms with Crippen molar-refractivity contribution in [1.29, 1.82) is 0 Å². The van der Waals surface area contributed by atoms with Crippen LogP contribution in [0.2, 0.25) is 0 Å². The molecule has 0 fully saturated rings. The third kappa shape index (κ3) is 5.32. The van der Waals surface area contributed by atoms with Crippen molar-refractivity contribution in [3.63, 3.8) is 0 Å². The van der Waals surface area contributed by atoms with Gasteiger partial charge in [0.05, 0.1) is 7.11 Å². The van der Waals surface area contributed by atoms with E-state index in [1.807, 2.05) is 66.7 Å². The average molecular weight is 354 g/mol. The van der Waals surface area contributed by atoms with Crippen LogP contribution in [0.3, 0.4) is 0 Å². The van der Waals surface area contributed by atoms with Crippen LogP contribution in [0, 0.1) is 11.8 Å². The minimum atomic E-state index is -0.226. The van der Waals surface area contributed by atoms with Gasteiger partial charge in [-0.2, -0.15) is 0 Å². The van der Waals surface area contributed by atoms with Gasteiger partial charge in [-0.25, -0.2) is 4.98 Å². The summed E-state index contributed by atoms with van der Waals surface area (Å²) in [6, 6.07) is 20.5. The summed E-state index contributed by atoms with van der Waals surface area (Å²) >= 11 is 0. The zero-order valence-corrected chi connectivity index (χ0v) is 14.8. The van der Waals surface area contributed by atoms with Crippen molar-refractivity contribution < 1.29 is 9.53 Å². The van der Waals surface area contributed by atoms with Gasteiger partial charge in [-0.1, -0.05) is 36.3 Å². The highest BCUT2D eigenvalue weighted by Gasteiger charge is 2.01. The first kappa shape index (κ1) is 18.0. The van der Waals surface area contributed by atoms with Crippen LogP contribution in [0.4, 0.5) is 5.69 Å². The van der Waals surface area contributed by atoms with Gasteiger partial charge in [0.1, 0.15) is 11.4 Å². The summed E-state index contributed by atoms with van der Waals surface area (Å²) in [5.74, 6) is 6.54. The summed E-state index contributed by atoms with van der Waals surface area (Å²) in [6.07, 6.45) is 4.90. The summed E-state index contributed by atoms with van der Waals surface area (Å²) < 4.78 is 5.27. The molecule has 3 aromatic rings. The number of amides is 1. The Morgan fingerprint density at radius 3 is 2.70 bits per heavy atom. The number of pyridine rings is 1. The van der Waals surface area contributed by atoms with Crippen molar-refractivity contribution in [3.8, 4) is 17.6 Å². The van der Waals surface area contributed by atoms with Crippen LogP contribution in [0.25, 0.3) is 6.08 Å². The molecule has 0 radical (unpaired) electrons. The van der Waals surface area contributed by atoms with E-state index in [1.165, 1.54) is 6.08 Å². The highest BCUT2D eigenvalue weighted by molar-refractivity contribution is 6.02. The molecule has 0 aliphatic rings. The predicted octanol–water partition coefficient (Wildman–Crippen LogP) is 4.14. The number of rotatable bonds is 4. The lowest BCUT2D eigenvalue weighted by Crippen LogP contribution is -2.07. The van der Waals surface area contributed by atoms with E-state index in [2.05, 4.69) is 22.1 Å². The molecule has 132 valence electrons. The molecule has 1 N–H and O–H groups in total. The van der Waals surface area contributed by atoms with Gasteiger partial charge in [0, 0.05) is 29.1 Å². The van der Waals surface area contributed by atoms with Crippen molar-refractivity contribution in [2.75, 3.05) is 12.4 Å². The fourth-order valence-electron chi connectivity index (χ4n) is 2.40. The number of ether oxygens (including phenoxy) is 1. The summed E-state index contributed by atoms with van der Waals surface area (Å²) in [6.45, 7) is 0. The van der Waals surface area contributed by atoms with Crippen LogP contribution in [0.5, 0.6) is 5.75 Å². The van der Waals surface area contributed by atoms with Crippen molar-refractivity contribution >= 4 is 17.7 Å². The third-order valence-corrected chi connectivity index (χ3v) is 3.68. The smallest absolute Gasteiger partial charge is 0.248 e. The van der Waals surface area contributed by atoms with Crippen LogP contribution < -0.4 is 10.1 Å². The Morgan fingerprint density at radius 2 is 1.89 bits per heavy atom. The molecule has 1 aromatic heterocycles. The fourth-order valence-corrected chi connectivity index (χ4v) is 2.40. The monoisotopic (exact) mass is 354 g/mol. The Kier molecular flexibility index (Phi) is 6.00. The van der Waals surface area contributed by atoms with Gasteiger partial charge >= 0.3 is 0 Å². The Balaban J connectivity index is 1.68. The summed E-state index contributed by atoms with van der Waals surface area (Å²) in [5, 5.41) is 2.84. The molecule has 0 saturated carbocycles. The van der Waals surface area contributed by atoms with Gasteiger partial charge in [0.25, 0.3) is 0 Å². The van der Waals surface area contributed by atoms with Crippen molar-refractivity contribution in [1.82, 2.24) is 4.98 Å². The maximum Gasteiger partial charge on any atom is 0.248 e. The van der Waals surface area contributed by atoms with E-state index in [0.717, 1.165) is 11.1 Å². The van der Waals surface area contributed by atoms with Crippen LogP contribution in [0.1, 0.15) is 16.8 Å². The highest BCUT2D eigenvalue weighted by atomic mass is 16.5. The van der Waals surface area contributed by atoms with Gasteiger partial charge in [-0.15, -0.1) is 0 Å². The molecule has 2 aromatic carbocycles. The molecule has 1 amide bonds. The fraction of sp³-hybridized carbons (Fsp3) is 0.0435. The molecule has 0 saturated heterocycles. The van der Waals surface area contributed by atoms with E-state index in [4.69, 9.17) is 4.74 Å². The van der Waals surface area contributed by atoms with Crippen LogP contribution in [-0.4, -0.2) is 18.0 Å². The van der Waals surface area contributed by atoms with Crippen molar-refractivity contribution in [2.45, 2.75) is 0 Å². The van der Waals surface area contributed by atoms with Gasteiger partial charge in [-0.05, 0) is 48.4 Å². The average Bonchev–Trinajstić information content (AvgIpc) is 2.72. The number of nitrogens with one attached hydrogen (secondary N) is 1. The number of aromatic nitrogens is 1. The third-order valence-electron chi connectivity index (χ3n) is 3.68. The number of methoxy groups -OCH3 is 1. The molecule has 0 aliphatic heterocycles. The van der Waals surface area contributed by atoms with Crippen LogP contribution in [0.15, 0.2) is 79.0 Å². The maximum absolute atomic E-state index is 12.2. The first-order valence-electron chi connectivity index (χ1n) is 8.40. The van der Waals surface area contributed by atoms with Crippen LogP contribution >= 0.6 is 0 Å². The Morgan fingerprint density at radius 1 is 1.04 bits per heavy atom. The number of benzene rings is 2. The van der Waals surface area contributed by atoms with E-state index >= 15 is 0 Å². The van der Waals surface area contributed by atoms with Gasteiger partial charge < -0.3 is 10.1 Å². The second-order valence-electron chi connectivity index (χ2n) is 5.61. The number of nitrogens with zero attached hydrogens (tertiary/aromatic N) is 1. The first-order valence-corrected chi connectivity index (χ1v) is 8.40. The van der Waals surface area contributed by atoms with E-state index in [1.54, 1.807) is 19.4 Å². The molecule has 27 heavy (non-hydrogen) atoms. The van der Waals surface area contributed by atoms with Crippen LogP contribution in [-0.2, 0) is 4.79 Å². The molecule has 0 aliphatic carbocycles. The zero-order chi connectivity index (χ0) is 18.9.